The van der Waals surface area contributed by atoms with Crippen LogP contribution in [0.3, 0.4) is 0 Å². The standard InChI is InChI=1S/C28H38N2O4S/c1-3-26(23-12-11-21-9-5-6-10-22(21)19-23)29-28(31)16-13-24-20-25(14-15-27(24)34-2)35(32,33)30-17-7-4-8-18-30/h11-12,14-15,19-20,26H,3-10,13,16-18H2,1-2H3,(H,29,31)/t26-/m1/s1. The van der Waals surface area contributed by atoms with Crippen molar-refractivity contribution < 1.29 is 17.9 Å². The van der Waals surface area contributed by atoms with Crippen LogP contribution < -0.4 is 10.1 Å². The van der Waals surface area contributed by atoms with Crippen LogP contribution >= 0.6 is 0 Å². The lowest BCUT2D eigenvalue weighted by atomic mass is 9.88. The molecule has 0 saturated carbocycles. The average molecular weight is 499 g/mol. The van der Waals surface area contributed by atoms with E-state index in [1.54, 1.807) is 29.6 Å². The first-order valence-corrected chi connectivity index (χ1v) is 14.4. The first-order valence-electron chi connectivity index (χ1n) is 13.0. The van der Waals surface area contributed by atoms with E-state index in [9.17, 15) is 13.2 Å². The molecule has 1 atom stereocenters. The van der Waals surface area contributed by atoms with Crippen molar-refractivity contribution in [3.63, 3.8) is 0 Å². The number of fused-ring (bicyclic) bond motifs is 1. The molecule has 2 aliphatic rings. The molecule has 1 aliphatic carbocycles. The highest BCUT2D eigenvalue weighted by Gasteiger charge is 2.27. The van der Waals surface area contributed by atoms with E-state index in [0.29, 0.717) is 25.3 Å². The van der Waals surface area contributed by atoms with Crippen molar-refractivity contribution in [2.75, 3.05) is 20.2 Å². The van der Waals surface area contributed by atoms with Crippen molar-refractivity contribution in [3.8, 4) is 5.75 Å². The number of piperidine rings is 1. The number of carbonyl (C=O) groups is 1. The van der Waals surface area contributed by atoms with Crippen LogP contribution in [0.1, 0.15) is 80.2 Å². The SMILES string of the molecule is CC[C@@H](NC(=O)CCc1cc(S(=O)(=O)N2CCCCC2)ccc1OC)c1ccc2c(c1)CCCC2. The zero-order valence-corrected chi connectivity index (χ0v) is 21.8. The van der Waals surface area contributed by atoms with Crippen LogP contribution in [0.5, 0.6) is 5.75 Å². The topological polar surface area (TPSA) is 75.7 Å². The Hall–Kier alpha value is -2.38. The van der Waals surface area contributed by atoms with Gasteiger partial charge in [-0.3, -0.25) is 4.79 Å². The number of ether oxygens (including phenoxy) is 1. The summed E-state index contributed by atoms with van der Waals surface area (Å²) in [6.45, 7) is 3.21. The third-order valence-corrected chi connectivity index (χ3v) is 9.24. The predicted octanol–water partition coefficient (Wildman–Crippen LogP) is 4.95. The van der Waals surface area contributed by atoms with Crippen molar-refractivity contribution in [2.45, 2.75) is 82.1 Å². The van der Waals surface area contributed by atoms with Crippen LogP contribution in [0, 0.1) is 0 Å². The summed E-state index contributed by atoms with van der Waals surface area (Å²) in [4.78, 5) is 13.2. The Morgan fingerprint density at radius 1 is 1.00 bits per heavy atom. The number of rotatable bonds is 9. The fraction of sp³-hybridized carbons (Fsp3) is 0.536. The number of aryl methyl sites for hydroxylation is 3. The maximum Gasteiger partial charge on any atom is 0.243 e. The van der Waals surface area contributed by atoms with E-state index in [0.717, 1.165) is 49.7 Å². The molecule has 2 aromatic rings. The molecule has 6 nitrogen and oxygen atoms in total. The molecule has 1 saturated heterocycles. The number of hydrogen-bond donors (Lipinski definition) is 1. The number of benzene rings is 2. The molecule has 4 rings (SSSR count). The highest BCUT2D eigenvalue weighted by molar-refractivity contribution is 7.89. The van der Waals surface area contributed by atoms with Crippen LogP contribution in [-0.4, -0.2) is 38.8 Å². The molecule has 1 heterocycles. The van der Waals surface area contributed by atoms with Crippen LogP contribution in [0.4, 0.5) is 0 Å². The molecule has 1 aliphatic heterocycles. The van der Waals surface area contributed by atoms with Gasteiger partial charge in [0.2, 0.25) is 15.9 Å². The normalized spacial score (nSPS) is 17.4. The van der Waals surface area contributed by atoms with Gasteiger partial charge in [-0.2, -0.15) is 4.31 Å². The second kappa shape index (κ2) is 11.6. The lowest BCUT2D eigenvalue weighted by molar-refractivity contribution is -0.121. The van der Waals surface area contributed by atoms with Gasteiger partial charge in [-0.05, 0) is 91.8 Å². The van der Waals surface area contributed by atoms with Crippen LogP contribution in [0.2, 0.25) is 0 Å². The van der Waals surface area contributed by atoms with Gasteiger partial charge in [0, 0.05) is 19.5 Å². The van der Waals surface area contributed by atoms with Crippen molar-refractivity contribution >= 4 is 15.9 Å². The van der Waals surface area contributed by atoms with Crippen molar-refractivity contribution in [1.29, 1.82) is 0 Å². The van der Waals surface area contributed by atoms with E-state index in [1.165, 1.54) is 24.0 Å². The van der Waals surface area contributed by atoms with Crippen LogP contribution in [-0.2, 0) is 34.1 Å². The summed E-state index contributed by atoms with van der Waals surface area (Å²) >= 11 is 0. The fourth-order valence-corrected chi connectivity index (χ4v) is 6.84. The lowest BCUT2D eigenvalue weighted by Gasteiger charge is -2.26. The molecule has 7 heteroatoms. The van der Waals surface area contributed by atoms with Gasteiger partial charge >= 0.3 is 0 Å². The Bertz CT molecular complexity index is 1140. The highest BCUT2D eigenvalue weighted by atomic mass is 32.2. The molecule has 0 unspecified atom stereocenters. The molecule has 1 fully saturated rings. The Labute approximate surface area is 210 Å². The average Bonchev–Trinajstić information content (AvgIpc) is 2.90. The third kappa shape index (κ3) is 6.07. The molecule has 35 heavy (non-hydrogen) atoms. The van der Waals surface area contributed by atoms with Gasteiger partial charge in [-0.15, -0.1) is 0 Å². The van der Waals surface area contributed by atoms with Gasteiger partial charge in [-0.25, -0.2) is 8.42 Å². The fourth-order valence-electron chi connectivity index (χ4n) is 5.27. The summed E-state index contributed by atoms with van der Waals surface area (Å²) in [5.74, 6) is 0.568. The van der Waals surface area contributed by atoms with Gasteiger partial charge in [-0.1, -0.05) is 31.5 Å². The Morgan fingerprint density at radius 3 is 2.46 bits per heavy atom. The molecule has 0 radical (unpaired) electrons. The highest BCUT2D eigenvalue weighted by Crippen LogP contribution is 2.28. The molecule has 0 spiro atoms. The third-order valence-electron chi connectivity index (χ3n) is 7.34. The zero-order valence-electron chi connectivity index (χ0n) is 21.0. The van der Waals surface area contributed by atoms with Crippen molar-refractivity contribution in [2.24, 2.45) is 0 Å². The summed E-state index contributed by atoms with van der Waals surface area (Å²) in [5, 5.41) is 3.19. The smallest absolute Gasteiger partial charge is 0.243 e. The molecule has 190 valence electrons. The van der Waals surface area contributed by atoms with Crippen LogP contribution in [0.25, 0.3) is 0 Å². The number of nitrogens with one attached hydrogen (secondary N) is 1. The number of nitrogens with zero attached hydrogens (tertiary/aromatic N) is 1. The molecular formula is C28H38N2O4S. The maximum absolute atomic E-state index is 13.1. The molecular weight excluding hydrogens is 460 g/mol. The summed E-state index contributed by atoms with van der Waals surface area (Å²) in [5.41, 5.74) is 4.75. The summed E-state index contributed by atoms with van der Waals surface area (Å²) in [7, 11) is -1.97. The predicted molar refractivity (Wildman–Crippen MR) is 138 cm³/mol. The number of sulfonamides is 1. The quantitative estimate of drug-likeness (QED) is 0.531. The van der Waals surface area contributed by atoms with Gasteiger partial charge in [0.25, 0.3) is 0 Å². The van der Waals surface area contributed by atoms with E-state index < -0.39 is 10.0 Å². The number of methoxy groups -OCH3 is 1. The van der Waals surface area contributed by atoms with Gasteiger partial charge in [0.1, 0.15) is 5.75 Å². The van der Waals surface area contributed by atoms with Gasteiger partial charge in [0.05, 0.1) is 18.0 Å². The van der Waals surface area contributed by atoms with Crippen molar-refractivity contribution in [3.05, 3.63) is 58.7 Å². The molecule has 1 amide bonds. The Morgan fingerprint density at radius 2 is 1.74 bits per heavy atom. The Balaban J connectivity index is 1.43. The number of amides is 1. The minimum absolute atomic E-state index is 0.0255. The minimum atomic E-state index is -3.54. The Kier molecular flexibility index (Phi) is 8.50. The first kappa shape index (κ1) is 25.7. The van der Waals surface area contributed by atoms with E-state index in [-0.39, 0.29) is 23.3 Å². The first-order chi connectivity index (χ1) is 16.9. The molecule has 0 aromatic heterocycles. The zero-order chi connectivity index (χ0) is 24.8. The number of carbonyl (C=O) groups excluding carboxylic acids is 1. The largest absolute Gasteiger partial charge is 0.496 e. The van der Waals surface area contributed by atoms with E-state index in [2.05, 4.69) is 30.4 Å². The summed E-state index contributed by atoms with van der Waals surface area (Å²) in [6.07, 6.45) is 9.10. The van der Waals surface area contributed by atoms with Gasteiger partial charge in [0.15, 0.2) is 0 Å². The maximum atomic E-state index is 13.1. The van der Waals surface area contributed by atoms with Gasteiger partial charge < -0.3 is 10.1 Å². The summed E-state index contributed by atoms with van der Waals surface area (Å²) < 4.78 is 33.3. The second-order valence-corrected chi connectivity index (χ2v) is 11.6. The minimum Gasteiger partial charge on any atom is -0.496 e. The molecule has 0 bridgehead atoms. The monoisotopic (exact) mass is 498 g/mol. The second-order valence-electron chi connectivity index (χ2n) is 9.70. The van der Waals surface area contributed by atoms with Crippen molar-refractivity contribution in [1.82, 2.24) is 9.62 Å². The lowest BCUT2D eigenvalue weighted by Crippen LogP contribution is -2.35. The van der Waals surface area contributed by atoms with Crippen LogP contribution in [0.15, 0.2) is 41.3 Å². The van der Waals surface area contributed by atoms with E-state index >= 15 is 0 Å². The summed E-state index contributed by atoms with van der Waals surface area (Å²) in [6, 6.07) is 11.6. The molecule has 2 aromatic carbocycles. The molecule has 1 N–H and O–H groups in total. The van der Waals surface area contributed by atoms with E-state index in [4.69, 9.17) is 4.74 Å². The van der Waals surface area contributed by atoms with E-state index in [1.807, 2.05) is 0 Å². The number of hydrogen-bond acceptors (Lipinski definition) is 4.